The Morgan fingerprint density at radius 3 is 2.67 bits per heavy atom. The highest BCUT2D eigenvalue weighted by molar-refractivity contribution is 8.14. The van der Waals surface area contributed by atoms with E-state index in [1.54, 1.807) is 0 Å². The molecule has 120 valence electrons. The van der Waals surface area contributed by atoms with E-state index in [1.807, 2.05) is 11.8 Å². The molecule has 3 fully saturated rings. The number of hydrogen-bond acceptors (Lipinski definition) is 2. The molecule has 21 heavy (non-hydrogen) atoms. The third-order valence-electron chi connectivity index (χ3n) is 5.99. The van der Waals surface area contributed by atoms with Crippen LogP contribution in [0.2, 0.25) is 0 Å². The average molecular weight is 309 g/mol. The molecule has 2 saturated carbocycles. The predicted molar refractivity (Wildman–Crippen MR) is 94.0 cm³/mol. The van der Waals surface area contributed by atoms with E-state index in [0.29, 0.717) is 5.54 Å². The van der Waals surface area contributed by atoms with Crippen LogP contribution in [0.5, 0.6) is 0 Å². The summed E-state index contributed by atoms with van der Waals surface area (Å²) < 4.78 is 0. The van der Waals surface area contributed by atoms with Crippen molar-refractivity contribution in [1.29, 1.82) is 0 Å². The Kier molecular flexibility index (Phi) is 5.19. The normalized spacial score (nSPS) is 42.4. The molecule has 2 nitrogen and oxygen atoms in total. The fraction of sp³-hybridized carbons (Fsp3) is 0.944. The Morgan fingerprint density at radius 2 is 1.95 bits per heavy atom. The van der Waals surface area contributed by atoms with Gasteiger partial charge >= 0.3 is 0 Å². The van der Waals surface area contributed by atoms with Crippen LogP contribution in [0.1, 0.15) is 71.6 Å². The molecule has 0 amide bonds. The lowest BCUT2D eigenvalue weighted by Gasteiger charge is -2.36. The van der Waals surface area contributed by atoms with Crippen LogP contribution in [-0.2, 0) is 0 Å². The summed E-state index contributed by atoms with van der Waals surface area (Å²) in [6.07, 6.45) is 12.6. The molecular formula is C18H32N2S. The Balaban J connectivity index is 1.47. The molecule has 0 radical (unpaired) electrons. The van der Waals surface area contributed by atoms with E-state index in [0.717, 1.165) is 24.3 Å². The van der Waals surface area contributed by atoms with Crippen LogP contribution < -0.4 is 5.32 Å². The molecule has 3 aliphatic rings. The van der Waals surface area contributed by atoms with Crippen LogP contribution in [0, 0.1) is 17.8 Å². The second-order valence-corrected chi connectivity index (χ2v) is 8.80. The minimum absolute atomic E-state index is 0.390. The Labute approximate surface area is 134 Å². The molecule has 1 saturated heterocycles. The van der Waals surface area contributed by atoms with Crippen molar-refractivity contribution >= 4 is 16.9 Å². The van der Waals surface area contributed by atoms with Gasteiger partial charge in [0.1, 0.15) is 0 Å². The van der Waals surface area contributed by atoms with Crippen LogP contribution in [0.25, 0.3) is 0 Å². The summed E-state index contributed by atoms with van der Waals surface area (Å²) >= 11 is 1.98. The van der Waals surface area contributed by atoms with E-state index in [1.165, 1.54) is 68.7 Å². The van der Waals surface area contributed by atoms with Crippen molar-refractivity contribution in [3.05, 3.63) is 0 Å². The number of amidine groups is 1. The quantitative estimate of drug-likeness (QED) is 0.806. The Hall–Kier alpha value is -0.180. The monoisotopic (exact) mass is 308 g/mol. The molecule has 3 heteroatoms. The number of thioether (sulfide) groups is 1. The molecule has 1 N–H and O–H groups in total. The smallest absolute Gasteiger partial charge is 0.157 e. The molecule has 1 heterocycles. The predicted octanol–water partition coefficient (Wildman–Crippen LogP) is 4.84. The highest BCUT2D eigenvalue weighted by atomic mass is 32.2. The van der Waals surface area contributed by atoms with Gasteiger partial charge in [-0.1, -0.05) is 57.7 Å². The SMILES string of the molecule is CCC1CCC(CN=C2NC3(CCCC(C)C3)CS2)CC1. The Morgan fingerprint density at radius 1 is 1.19 bits per heavy atom. The average Bonchev–Trinajstić information content (AvgIpc) is 2.88. The van der Waals surface area contributed by atoms with Gasteiger partial charge in [-0.3, -0.25) is 4.99 Å². The van der Waals surface area contributed by atoms with Crippen LogP contribution in [0.4, 0.5) is 0 Å². The minimum Gasteiger partial charge on any atom is -0.359 e. The highest BCUT2D eigenvalue weighted by Crippen LogP contribution is 2.39. The van der Waals surface area contributed by atoms with Gasteiger partial charge in [0, 0.05) is 17.8 Å². The number of aliphatic imine (C=N–C) groups is 1. The summed E-state index contributed by atoms with van der Waals surface area (Å²) in [6.45, 7) is 5.82. The van der Waals surface area contributed by atoms with Crippen molar-refractivity contribution in [3.63, 3.8) is 0 Å². The van der Waals surface area contributed by atoms with E-state index in [2.05, 4.69) is 19.2 Å². The van der Waals surface area contributed by atoms with Crippen molar-refractivity contribution in [1.82, 2.24) is 5.32 Å². The molecule has 1 spiro atoms. The van der Waals surface area contributed by atoms with Gasteiger partial charge in [-0.15, -0.1) is 0 Å². The van der Waals surface area contributed by atoms with E-state index in [4.69, 9.17) is 4.99 Å². The summed E-state index contributed by atoms with van der Waals surface area (Å²) in [6, 6.07) is 0. The maximum atomic E-state index is 4.94. The van der Waals surface area contributed by atoms with E-state index in [9.17, 15) is 0 Å². The maximum Gasteiger partial charge on any atom is 0.157 e. The zero-order valence-electron chi connectivity index (χ0n) is 13.9. The minimum atomic E-state index is 0.390. The van der Waals surface area contributed by atoms with Gasteiger partial charge in [0.15, 0.2) is 5.17 Å². The molecule has 2 aliphatic carbocycles. The lowest BCUT2D eigenvalue weighted by Crippen LogP contribution is -2.47. The summed E-state index contributed by atoms with van der Waals surface area (Å²) in [5.41, 5.74) is 0.390. The van der Waals surface area contributed by atoms with Gasteiger partial charge in [-0.25, -0.2) is 0 Å². The third-order valence-corrected chi connectivity index (χ3v) is 7.19. The summed E-state index contributed by atoms with van der Waals surface area (Å²) in [4.78, 5) is 4.94. The largest absolute Gasteiger partial charge is 0.359 e. The summed E-state index contributed by atoms with van der Waals surface area (Å²) in [7, 11) is 0. The first-order valence-electron chi connectivity index (χ1n) is 9.14. The lowest BCUT2D eigenvalue weighted by molar-refractivity contribution is 0.242. The fourth-order valence-electron chi connectivity index (χ4n) is 4.53. The number of rotatable bonds is 3. The third kappa shape index (κ3) is 3.97. The second-order valence-electron chi connectivity index (χ2n) is 7.84. The molecule has 2 atom stereocenters. The van der Waals surface area contributed by atoms with Gasteiger partial charge in [-0.05, 0) is 43.4 Å². The number of nitrogens with one attached hydrogen (secondary N) is 1. The van der Waals surface area contributed by atoms with Crippen molar-refractivity contribution in [2.24, 2.45) is 22.7 Å². The molecule has 0 aromatic carbocycles. The molecule has 3 rings (SSSR count). The van der Waals surface area contributed by atoms with Crippen LogP contribution in [0.15, 0.2) is 4.99 Å². The first kappa shape index (κ1) is 15.7. The van der Waals surface area contributed by atoms with Crippen molar-refractivity contribution in [2.45, 2.75) is 77.2 Å². The van der Waals surface area contributed by atoms with Crippen molar-refractivity contribution < 1.29 is 0 Å². The second kappa shape index (κ2) is 6.93. The number of hydrogen-bond donors (Lipinski definition) is 1. The van der Waals surface area contributed by atoms with Gasteiger partial charge < -0.3 is 5.32 Å². The highest BCUT2D eigenvalue weighted by Gasteiger charge is 2.40. The van der Waals surface area contributed by atoms with Gasteiger partial charge in [-0.2, -0.15) is 0 Å². The molecule has 0 aromatic rings. The molecular weight excluding hydrogens is 276 g/mol. The summed E-state index contributed by atoms with van der Waals surface area (Å²) in [5, 5.41) is 5.06. The van der Waals surface area contributed by atoms with Gasteiger partial charge in [0.25, 0.3) is 0 Å². The standard InChI is InChI=1S/C18H32N2S/c1-3-15-6-8-16(9-7-15)12-19-17-20-18(13-21-17)10-4-5-14(2)11-18/h14-16H,3-13H2,1-2H3,(H,19,20). The van der Waals surface area contributed by atoms with E-state index in [-0.39, 0.29) is 0 Å². The molecule has 2 unspecified atom stereocenters. The maximum absolute atomic E-state index is 4.94. The topological polar surface area (TPSA) is 24.4 Å². The van der Waals surface area contributed by atoms with E-state index < -0.39 is 0 Å². The molecule has 1 aliphatic heterocycles. The first-order chi connectivity index (χ1) is 10.2. The van der Waals surface area contributed by atoms with Crippen molar-refractivity contribution in [2.75, 3.05) is 12.3 Å². The molecule has 0 bridgehead atoms. The van der Waals surface area contributed by atoms with Crippen LogP contribution in [0.3, 0.4) is 0 Å². The Bertz CT molecular complexity index is 373. The summed E-state index contributed by atoms with van der Waals surface area (Å²) in [5.74, 6) is 3.98. The lowest BCUT2D eigenvalue weighted by atomic mass is 9.78. The fourth-order valence-corrected chi connectivity index (χ4v) is 5.73. The zero-order valence-corrected chi connectivity index (χ0v) is 14.7. The number of nitrogens with zero attached hydrogens (tertiary/aromatic N) is 1. The van der Waals surface area contributed by atoms with E-state index >= 15 is 0 Å². The molecule has 0 aromatic heterocycles. The first-order valence-corrected chi connectivity index (χ1v) is 10.1. The van der Waals surface area contributed by atoms with Crippen LogP contribution in [-0.4, -0.2) is 23.0 Å². The zero-order chi connectivity index (χ0) is 14.7. The van der Waals surface area contributed by atoms with Gasteiger partial charge in [0.05, 0.1) is 0 Å². The van der Waals surface area contributed by atoms with Gasteiger partial charge in [0.2, 0.25) is 0 Å². The van der Waals surface area contributed by atoms with Crippen molar-refractivity contribution in [3.8, 4) is 0 Å². The van der Waals surface area contributed by atoms with Crippen LogP contribution >= 0.6 is 11.8 Å².